The van der Waals surface area contributed by atoms with E-state index in [4.69, 9.17) is 5.11 Å². The topological polar surface area (TPSA) is 62.2 Å². The highest BCUT2D eigenvalue weighted by Crippen LogP contribution is 2.39. The number of aromatic nitrogens is 1. The van der Waals surface area contributed by atoms with E-state index in [1.807, 2.05) is 0 Å². The molecule has 112 valence electrons. The number of anilines is 2. The summed E-state index contributed by atoms with van der Waals surface area (Å²) in [5, 5.41) is 11.7. The van der Waals surface area contributed by atoms with Gasteiger partial charge in [-0.2, -0.15) is 17.5 Å². The van der Waals surface area contributed by atoms with Gasteiger partial charge in [-0.25, -0.2) is 4.79 Å². The molecule has 2 aromatic rings. The first kappa shape index (κ1) is 15.8. The van der Waals surface area contributed by atoms with Crippen molar-refractivity contribution >= 4 is 44.1 Å². The number of aryl methyl sites for hydroxylation is 1. The van der Waals surface area contributed by atoms with Gasteiger partial charge >= 0.3 is 12.1 Å². The molecule has 0 atom stereocenters. The number of nitrogens with one attached hydrogen (secondary N) is 1. The van der Waals surface area contributed by atoms with Crippen molar-refractivity contribution in [2.45, 2.75) is 13.1 Å². The number of carboxylic acid groups (broad SMARTS) is 1. The summed E-state index contributed by atoms with van der Waals surface area (Å²) < 4.78 is 43.1. The highest BCUT2D eigenvalue weighted by molar-refractivity contribution is 9.10. The summed E-state index contributed by atoms with van der Waals surface area (Å²) in [6.07, 6.45) is -4.56. The van der Waals surface area contributed by atoms with Crippen molar-refractivity contribution in [1.29, 1.82) is 0 Å². The number of carboxylic acids is 1. The normalized spacial score (nSPS) is 11.5. The molecule has 21 heavy (non-hydrogen) atoms. The standard InChI is InChI=1S/C12H8BrF3N2O2S/c1-5-9(11(19)20)10(21-18-5)17-8-3-2-6(13)4-7(8)12(14,15)16/h2-4,17H,1H3,(H,19,20). The minimum absolute atomic E-state index is 0.0628. The molecule has 1 aromatic carbocycles. The van der Waals surface area contributed by atoms with Gasteiger partial charge in [0.25, 0.3) is 0 Å². The molecule has 0 aliphatic rings. The van der Waals surface area contributed by atoms with Gasteiger partial charge in [0.05, 0.1) is 16.9 Å². The van der Waals surface area contributed by atoms with Crippen molar-refractivity contribution in [3.63, 3.8) is 0 Å². The van der Waals surface area contributed by atoms with Crippen LogP contribution in [-0.2, 0) is 6.18 Å². The number of halogens is 4. The molecule has 0 radical (unpaired) electrons. The number of carbonyl (C=O) groups is 1. The van der Waals surface area contributed by atoms with Crippen LogP contribution < -0.4 is 5.32 Å². The fraction of sp³-hybridized carbons (Fsp3) is 0.167. The fourth-order valence-corrected chi connectivity index (χ4v) is 2.85. The second-order valence-corrected chi connectivity index (χ2v) is 5.78. The third-order valence-corrected chi connectivity index (χ3v) is 3.96. The minimum atomic E-state index is -4.56. The highest BCUT2D eigenvalue weighted by Gasteiger charge is 2.34. The van der Waals surface area contributed by atoms with Gasteiger partial charge < -0.3 is 10.4 Å². The number of hydrogen-bond acceptors (Lipinski definition) is 4. The van der Waals surface area contributed by atoms with Crippen LogP contribution in [0.2, 0.25) is 0 Å². The average Bonchev–Trinajstić information content (AvgIpc) is 2.71. The van der Waals surface area contributed by atoms with E-state index in [9.17, 15) is 18.0 Å². The van der Waals surface area contributed by atoms with Crippen molar-refractivity contribution < 1.29 is 23.1 Å². The maximum absolute atomic E-state index is 13.0. The SMILES string of the molecule is Cc1nsc(Nc2ccc(Br)cc2C(F)(F)F)c1C(=O)O. The number of nitrogens with zero attached hydrogens (tertiary/aromatic N) is 1. The molecule has 0 fully saturated rings. The van der Waals surface area contributed by atoms with Gasteiger partial charge in [-0.15, -0.1) is 0 Å². The largest absolute Gasteiger partial charge is 0.478 e. The van der Waals surface area contributed by atoms with Crippen molar-refractivity contribution in [2.24, 2.45) is 0 Å². The Kier molecular flexibility index (Phi) is 4.24. The van der Waals surface area contributed by atoms with Crippen LogP contribution in [0, 0.1) is 6.92 Å². The number of hydrogen-bond donors (Lipinski definition) is 2. The summed E-state index contributed by atoms with van der Waals surface area (Å²) in [6.45, 7) is 1.48. The summed E-state index contributed by atoms with van der Waals surface area (Å²) >= 11 is 3.79. The first-order chi connectivity index (χ1) is 9.70. The van der Waals surface area contributed by atoms with E-state index in [-0.39, 0.29) is 26.4 Å². The first-order valence-electron chi connectivity index (χ1n) is 5.53. The van der Waals surface area contributed by atoms with Crippen molar-refractivity contribution in [3.8, 4) is 0 Å². The van der Waals surface area contributed by atoms with Crippen molar-refractivity contribution in [2.75, 3.05) is 5.32 Å². The molecule has 1 aromatic heterocycles. The lowest BCUT2D eigenvalue weighted by Gasteiger charge is -2.14. The Hall–Kier alpha value is -1.61. The molecule has 0 bridgehead atoms. The molecule has 2 N–H and O–H groups in total. The van der Waals surface area contributed by atoms with Crippen LogP contribution in [0.1, 0.15) is 21.6 Å². The highest BCUT2D eigenvalue weighted by atomic mass is 79.9. The molecule has 1 heterocycles. The maximum Gasteiger partial charge on any atom is 0.418 e. The summed E-state index contributed by atoms with van der Waals surface area (Å²) in [4.78, 5) is 11.1. The zero-order valence-electron chi connectivity index (χ0n) is 10.5. The fourth-order valence-electron chi connectivity index (χ4n) is 1.69. The lowest BCUT2D eigenvalue weighted by molar-refractivity contribution is -0.137. The Morgan fingerprint density at radius 2 is 2.10 bits per heavy atom. The maximum atomic E-state index is 13.0. The smallest absolute Gasteiger partial charge is 0.418 e. The Labute approximate surface area is 129 Å². The molecular weight excluding hydrogens is 373 g/mol. The molecule has 9 heteroatoms. The summed E-state index contributed by atoms with van der Waals surface area (Å²) in [7, 11) is 0. The molecule has 4 nitrogen and oxygen atoms in total. The monoisotopic (exact) mass is 380 g/mol. The predicted octanol–water partition coefficient (Wildman–Crippen LogP) is 4.67. The summed E-state index contributed by atoms with van der Waals surface area (Å²) in [6, 6.07) is 3.59. The zero-order valence-corrected chi connectivity index (χ0v) is 12.9. The van der Waals surface area contributed by atoms with E-state index < -0.39 is 17.7 Å². The second kappa shape index (κ2) is 5.64. The summed E-state index contributed by atoms with van der Waals surface area (Å²) in [5.41, 5.74) is -0.993. The molecule has 0 saturated carbocycles. The first-order valence-corrected chi connectivity index (χ1v) is 7.10. The van der Waals surface area contributed by atoms with Gasteiger partial charge in [-0.1, -0.05) is 15.9 Å². The van der Waals surface area contributed by atoms with E-state index in [2.05, 4.69) is 25.6 Å². The van der Waals surface area contributed by atoms with Crippen LogP contribution in [0.3, 0.4) is 0 Å². The number of alkyl halides is 3. The Balaban J connectivity index is 2.48. The zero-order chi connectivity index (χ0) is 15.8. The molecule has 0 aliphatic heterocycles. The Bertz CT molecular complexity index is 700. The van der Waals surface area contributed by atoms with Crippen LogP contribution in [0.15, 0.2) is 22.7 Å². The van der Waals surface area contributed by atoms with Crippen LogP contribution >= 0.6 is 27.5 Å². The average molecular weight is 381 g/mol. The molecule has 0 saturated heterocycles. The molecule has 0 amide bonds. The Morgan fingerprint density at radius 3 is 2.67 bits per heavy atom. The van der Waals surface area contributed by atoms with Crippen LogP contribution in [0.4, 0.5) is 23.9 Å². The van der Waals surface area contributed by atoms with Gasteiger partial charge in [0.1, 0.15) is 10.6 Å². The van der Waals surface area contributed by atoms with E-state index in [0.717, 1.165) is 17.6 Å². The molecule has 0 aliphatic carbocycles. The lowest BCUT2D eigenvalue weighted by Crippen LogP contribution is -2.09. The van der Waals surface area contributed by atoms with Gasteiger partial charge in [-0.3, -0.25) is 0 Å². The van der Waals surface area contributed by atoms with E-state index in [0.29, 0.717) is 0 Å². The van der Waals surface area contributed by atoms with Crippen molar-refractivity contribution in [1.82, 2.24) is 4.37 Å². The van der Waals surface area contributed by atoms with E-state index >= 15 is 0 Å². The molecule has 0 unspecified atom stereocenters. The van der Waals surface area contributed by atoms with Crippen molar-refractivity contribution in [3.05, 3.63) is 39.5 Å². The van der Waals surface area contributed by atoms with E-state index in [1.54, 1.807) is 0 Å². The molecule has 0 spiro atoms. The van der Waals surface area contributed by atoms with Gasteiger partial charge in [-0.05, 0) is 36.7 Å². The van der Waals surface area contributed by atoms with Gasteiger partial charge in [0.2, 0.25) is 0 Å². The Morgan fingerprint density at radius 1 is 1.43 bits per heavy atom. The predicted molar refractivity (Wildman–Crippen MR) is 76.2 cm³/mol. The van der Waals surface area contributed by atoms with Crippen LogP contribution in [-0.4, -0.2) is 15.4 Å². The summed E-state index contributed by atoms with van der Waals surface area (Å²) in [5.74, 6) is -1.24. The number of aromatic carboxylic acids is 1. The molecular formula is C12H8BrF3N2O2S. The third kappa shape index (κ3) is 3.35. The van der Waals surface area contributed by atoms with Crippen LogP contribution in [0.25, 0.3) is 0 Å². The van der Waals surface area contributed by atoms with E-state index in [1.165, 1.54) is 19.1 Å². The minimum Gasteiger partial charge on any atom is -0.478 e. The number of benzene rings is 1. The lowest BCUT2D eigenvalue weighted by atomic mass is 10.1. The van der Waals surface area contributed by atoms with Gasteiger partial charge in [0.15, 0.2) is 0 Å². The van der Waals surface area contributed by atoms with Gasteiger partial charge in [0, 0.05) is 4.47 Å². The quantitative estimate of drug-likeness (QED) is 0.811. The number of rotatable bonds is 3. The van der Waals surface area contributed by atoms with Crippen LogP contribution in [0.5, 0.6) is 0 Å². The molecule has 2 rings (SSSR count). The third-order valence-electron chi connectivity index (χ3n) is 2.61. The second-order valence-electron chi connectivity index (χ2n) is 4.09.